The number of hydrogen-bond donors (Lipinski definition) is 0. The molecule has 0 heterocycles. The minimum atomic E-state index is -0.470. The second kappa shape index (κ2) is 4.26. The van der Waals surface area contributed by atoms with Crippen molar-refractivity contribution in [2.45, 2.75) is 19.2 Å². The third-order valence-electron chi connectivity index (χ3n) is 2.64. The lowest BCUT2D eigenvalue weighted by atomic mass is 10.0. The van der Waals surface area contributed by atoms with Crippen LogP contribution in [0.5, 0.6) is 0 Å². The van der Waals surface area contributed by atoms with Gasteiger partial charge >= 0.3 is 0 Å². The summed E-state index contributed by atoms with van der Waals surface area (Å²) in [5.74, 6) is -0.0239. The van der Waals surface area contributed by atoms with E-state index >= 15 is 0 Å². The fraction of sp³-hybridized carbons (Fsp3) is 0.214. The van der Waals surface area contributed by atoms with Gasteiger partial charge in [0.15, 0.2) is 5.78 Å². The van der Waals surface area contributed by atoms with E-state index in [1.165, 1.54) is 5.56 Å². The molecule has 0 aromatic heterocycles. The van der Waals surface area contributed by atoms with Crippen LogP contribution in [0.15, 0.2) is 36.4 Å². The fourth-order valence-electron chi connectivity index (χ4n) is 1.75. The predicted molar refractivity (Wildman–Crippen MR) is 68.3 cm³/mol. The van der Waals surface area contributed by atoms with Gasteiger partial charge in [0, 0.05) is 5.56 Å². The first-order chi connectivity index (χ1) is 7.58. The topological polar surface area (TPSA) is 17.1 Å². The van der Waals surface area contributed by atoms with Crippen LogP contribution in [0, 0.1) is 6.92 Å². The molecular weight excluding hydrogens is 220 g/mol. The highest BCUT2D eigenvalue weighted by atomic mass is 35.5. The Balaban J connectivity index is 2.52. The molecule has 1 nitrogen and oxygen atoms in total. The average molecular weight is 233 g/mol. The van der Waals surface area contributed by atoms with Gasteiger partial charge in [0.1, 0.15) is 0 Å². The van der Waals surface area contributed by atoms with Gasteiger partial charge in [-0.15, -0.1) is 11.6 Å². The second-order valence-electron chi connectivity index (χ2n) is 4.05. The molecule has 0 aliphatic heterocycles. The van der Waals surface area contributed by atoms with E-state index in [0.29, 0.717) is 5.56 Å². The quantitative estimate of drug-likeness (QED) is 0.566. The van der Waals surface area contributed by atoms with Crippen LogP contribution < -0.4 is 0 Å². The summed E-state index contributed by atoms with van der Waals surface area (Å²) in [7, 11) is 0. The van der Waals surface area contributed by atoms with Crippen molar-refractivity contribution in [3.63, 3.8) is 0 Å². The largest absolute Gasteiger partial charge is 0.293 e. The number of Topliss-reactive ketones (excluding diaryl/α,β-unsaturated/α-hetero) is 1. The van der Waals surface area contributed by atoms with Crippen molar-refractivity contribution in [2.24, 2.45) is 0 Å². The molecule has 2 aromatic carbocycles. The molecule has 0 aliphatic rings. The van der Waals surface area contributed by atoms with Crippen molar-refractivity contribution in [1.82, 2.24) is 0 Å². The summed E-state index contributed by atoms with van der Waals surface area (Å²) in [6.07, 6.45) is 0. The van der Waals surface area contributed by atoms with Gasteiger partial charge in [-0.3, -0.25) is 4.79 Å². The standard InChI is InChI=1S/C14H13ClO/c1-9-3-4-12-8-13(14(16)10(2)15)6-5-11(12)7-9/h3-8,10H,1-2H3. The number of carbonyl (C=O) groups is 1. The molecular formula is C14H13ClO. The lowest BCUT2D eigenvalue weighted by molar-refractivity contribution is 0.0992. The van der Waals surface area contributed by atoms with Gasteiger partial charge in [-0.1, -0.05) is 35.9 Å². The Kier molecular flexibility index (Phi) is 2.97. The van der Waals surface area contributed by atoms with E-state index in [2.05, 4.69) is 13.0 Å². The molecule has 0 aliphatic carbocycles. The molecule has 1 atom stereocenters. The highest BCUT2D eigenvalue weighted by molar-refractivity contribution is 6.33. The van der Waals surface area contributed by atoms with E-state index in [0.717, 1.165) is 10.8 Å². The van der Waals surface area contributed by atoms with Crippen LogP contribution >= 0.6 is 11.6 Å². The van der Waals surface area contributed by atoms with Gasteiger partial charge in [0.25, 0.3) is 0 Å². The zero-order valence-corrected chi connectivity index (χ0v) is 10.1. The molecule has 2 rings (SSSR count). The summed E-state index contributed by atoms with van der Waals surface area (Å²) >= 11 is 5.79. The van der Waals surface area contributed by atoms with Crippen LogP contribution in [-0.2, 0) is 0 Å². The van der Waals surface area contributed by atoms with E-state index in [1.807, 2.05) is 30.3 Å². The number of halogens is 1. The number of aryl methyl sites for hydroxylation is 1. The maximum absolute atomic E-state index is 11.7. The Hall–Kier alpha value is -1.34. The van der Waals surface area contributed by atoms with Gasteiger partial charge in [-0.2, -0.15) is 0 Å². The Morgan fingerprint density at radius 2 is 1.75 bits per heavy atom. The minimum Gasteiger partial charge on any atom is -0.293 e. The maximum atomic E-state index is 11.7. The smallest absolute Gasteiger partial charge is 0.180 e. The summed E-state index contributed by atoms with van der Waals surface area (Å²) in [5, 5.41) is 1.76. The number of carbonyl (C=O) groups excluding carboxylic acids is 1. The summed E-state index contributed by atoms with van der Waals surface area (Å²) in [4.78, 5) is 11.7. The third kappa shape index (κ3) is 2.10. The number of hydrogen-bond acceptors (Lipinski definition) is 1. The molecule has 0 N–H and O–H groups in total. The first-order valence-corrected chi connectivity index (χ1v) is 5.70. The van der Waals surface area contributed by atoms with Crippen LogP contribution in [0.2, 0.25) is 0 Å². The minimum absolute atomic E-state index is 0.0239. The lowest BCUT2D eigenvalue weighted by Crippen LogP contribution is -2.10. The van der Waals surface area contributed by atoms with E-state index < -0.39 is 5.38 Å². The van der Waals surface area contributed by atoms with Crippen molar-refractivity contribution in [3.05, 3.63) is 47.5 Å². The molecule has 0 saturated carbocycles. The fourth-order valence-corrected chi connectivity index (χ4v) is 1.87. The molecule has 0 bridgehead atoms. The molecule has 0 fully saturated rings. The van der Waals surface area contributed by atoms with E-state index in [1.54, 1.807) is 6.92 Å². The third-order valence-corrected chi connectivity index (χ3v) is 2.84. The van der Waals surface area contributed by atoms with Gasteiger partial charge in [-0.25, -0.2) is 0 Å². The van der Waals surface area contributed by atoms with Crippen LogP contribution in [0.1, 0.15) is 22.8 Å². The highest BCUT2D eigenvalue weighted by Gasteiger charge is 2.12. The van der Waals surface area contributed by atoms with Crippen molar-refractivity contribution in [3.8, 4) is 0 Å². The normalized spacial score (nSPS) is 12.7. The Bertz CT molecular complexity index is 543. The molecule has 0 amide bonds. The number of ketones is 1. The lowest BCUT2D eigenvalue weighted by Gasteiger charge is -2.05. The monoisotopic (exact) mass is 232 g/mol. The van der Waals surface area contributed by atoms with Gasteiger partial charge in [0.2, 0.25) is 0 Å². The molecule has 16 heavy (non-hydrogen) atoms. The van der Waals surface area contributed by atoms with Crippen LogP contribution in [0.4, 0.5) is 0 Å². The number of benzene rings is 2. The number of alkyl halides is 1. The number of fused-ring (bicyclic) bond motifs is 1. The molecule has 2 heteroatoms. The predicted octanol–water partition coefficient (Wildman–Crippen LogP) is 3.96. The van der Waals surface area contributed by atoms with Crippen LogP contribution in [-0.4, -0.2) is 11.2 Å². The van der Waals surface area contributed by atoms with Gasteiger partial charge in [0.05, 0.1) is 5.38 Å². The number of rotatable bonds is 2. The summed E-state index contributed by atoms with van der Waals surface area (Å²) in [6, 6.07) is 11.9. The SMILES string of the molecule is Cc1ccc2cc(C(=O)C(C)Cl)ccc2c1. The van der Waals surface area contributed by atoms with Gasteiger partial charge < -0.3 is 0 Å². The Morgan fingerprint density at radius 1 is 1.12 bits per heavy atom. The molecule has 0 radical (unpaired) electrons. The van der Waals surface area contributed by atoms with E-state index in [4.69, 9.17) is 11.6 Å². The molecule has 2 aromatic rings. The zero-order valence-electron chi connectivity index (χ0n) is 9.33. The summed E-state index contributed by atoms with van der Waals surface area (Å²) < 4.78 is 0. The molecule has 1 unspecified atom stereocenters. The van der Waals surface area contributed by atoms with Gasteiger partial charge in [-0.05, 0) is 30.7 Å². The van der Waals surface area contributed by atoms with E-state index in [9.17, 15) is 4.79 Å². The maximum Gasteiger partial charge on any atom is 0.180 e. The first kappa shape index (κ1) is 11.2. The van der Waals surface area contributed by atoms with Crippen molar-refractivity contribution < 1.29 is 4.79 Å². The van der Waals surface area contributed by atoms with Crippen LogP contribution in [0.3, 0.4) is 0 Å². The van der Waals surface area contributed by atoms with Crippen molar-refractivity contribution in [1.29, 1.82) is 0 Å². The van der Waals surface area contributed by atoms with Crippen LogP contribution in [0.25, 0.3) is 10.8 Å². The average Bonchev–Trinajstić information content (AvgIpc) is 2.27. The van der Waals surface area contributed by atoms with E-state index in [-0.39, 0.29) is 5.78 Å². The Labute approximate surface area is 100 Å². The zero-order chi connectivity index (χ0) is 11.7. The summed E-state index contributed by atoms with van der Waals surface area (Å²) in [5.41, 5.74) is 1.90. The Morgan fingerprint density at radius 3 is 2.44 bits per heavy atom. The van der Waals surface area contributed by atoms with Crippen molar-refractivity contribution >= 4 is 28.2 Å². The second-order valence-corrected chi connectivity index (χ2v) is 4.70. The first-order valence-electron chi connectivity index (χ1n) is 5.26. The molecule has 0 spiro atoms. The molecule has 0 saturated heterocycles. The summed E-state index contributed by atoms with van der Waals surface area (Å²) in [6.45, 7) is 3.75. The van der Waals surface area contributed by atoms with Crippen molar-refractivity contribution in [2.75, 3.05) is 0 Å². The highest BCUT2D eigenvalue weighted by Crippen LogP contribution is 2.19. The molecule has 82 valence electrons.